The maximum absolute atomic E-state index is 12.4. The summed E-state index contributed by atoms with van der Waals surface area (Å²) in [5.41, 5.74) is 1.09. The van der Waals surface area contributed by atoms with Crippen molar-refractivity contribution in [2.45, 2.75) is 44.2 Å². The third kappa shape index (κ3) is 3.21. The van der Waals surface area contributed by atoms with Crippen molar-refractivity contribution >= 4 is 5.91 Å². The molecule has 2 heterocycles. The van der Waals surface area contributed by atoms with E-state index in [2.05, 4.69) is 0 Å². The highest BCUT2D eigenvalue weighted by Crippen LogP contribution is 2.36. The van der Waals surface area contributed by atoms with Gasteiger partial charge in [0.05, 0.1) is 12.7 Å². The predicted molar refractivity (Wildman–Crippen MR) is 80.2 cm³/mol. The number of carbonyl (C=O) groups is 1. The second-order valence-corrected chi connectivity index (χ2v) is 6.05. The minimum atomic E-state index is -0.0290. The summed E-state index contributed by atoms with van der Waals surface area (Å²) in [7, 11) is 1.66. The molecule has 2 saturated heterocycles. The molecule has 3 rings (SSSR count). The lowest BCUT2D eigenvalue weighted by molar-refractivity contribution is -0.131. The number of hydrogen-bond donors (Lipinski definition) is 0. The molecule has 1 amide bonds. The molecule has 21 heavy (non-hydrogen) atoms. The second-order valence-electron chi connectivity index (χ2n) is 6.05. The van der Waals surface area contributed by atoms with Gasteiger partial charge in [-0.05, 0) is 43.4 Å². The summed E-state index contributed by atoms with van der Waals surface area (Å²) in [6.45, 7) is 2.30. The number of nitrogens with zero attached hydrogens (tertiary/aromatic N) is 1. The molecule has 4 heteroatoms. The largest absolute Gasteiger partial charge is 0.497 e. The highest BCUT2D eigenvalue weighted by Gasteiger charge is 2.38. The Hall–Kier alpha value is -1.55. The summed E-state index contributed by atoms with van der Waals surface area (Å²) in [6, 6.07) is 7.94. The third-order valence-corrected chi connectivity index (χ3v) is 4.68. The van der Waals surface area contributed by atoms with Crippen LogP contribution in [0.15, 0.2) is 24.3 Å². The van der Waals surface area contributed by atoms with Crippen molar-refractivity contribution in [2.75, 3.05) is 20.3 Å². The molecule has 0 aliphatic carbocycles. The van der Waals surface area contributed by atoms with Crippen LogP contribution in [0.25, 0.3) is 0 Å². The van der Waals surface area contributed by atoms with Gasteiger partial charge in [-0.2, -0.15) is 0 Å². The standard InChI is InChI=1S/C17H23NO3/c1-20-15-5-2-4-14(12-15)13-18-10-9-17(7-3-11-21-17)8-6-16(18)19/h2,4-5,12H,3,6-11,13H2,1H3/t17-/m1/s1. The van der Waals surface area contributed by atoms with Crippen LogP contribution in [-0.2, 0) is 16.1 Å². The van der Waals surface area contributed by atoms with Crippen molar-refractivity contribution in [3.8, 4) is 5.75 Å². The van der Waals surface area contributed by atoms with Gasteiger partial charge in [0.25, 0.3) is 0 Å². The SMILES string of the molecule is COc1cccc(CN2CC[C@@]3(CCCO3)CCC2=O)c1. The van der Waals surface area contributed by atoms with E-state index < -0.39 is 0 Å². The Morgan fingerprint density at radius 3 is 3.00 bits per heavy atom. The first-order valence-corrected chi connectivity index (χ1v) is 7.75. The fourth-order valence-corrected chi connectivity index (χ4v) is 3.39. The van der Waals surface area contributed by atoms with E-state index >= 15 is 0 Å². The lowest BCUT2D eigenvalue weighted by atomic mass is 9.92. The first-order valence-electron chi connectivity index (χ1n) is 7.75. The highest BCUT2D eigenvalue weighted by atomic mass is 16.5. The molecule has 1 spiro atoms. The molecule has 0 saturated carbocycles. The molecule has 0 aromatic heterocycles. The van der Waals surface area contributed by atoms with Crippen LogP contribution in [0.4, 0.5) is 0 Å². The van der Waals surface area contributed by atoms with Gasteiger partial charge in [0, 0.05) is 26.1 Å². The lowest BCUT2D eigenvalue weighted by Gasteiger charge is -2.26. The molecule has 0 radical (unpaired) electrons. The van der Waals surface area contributed by atoms with Crippen LogP contribution in [0.2, 0.25) is 0 Å². The molecule has 1 atom stereocenters. The number of ether oxygens (including phenoxy) is 2. The van der Waals surface area contributed by atoms with Gasteiger partial charge in [-0.25, -0.2) is 0 Å². The molecule has 2 aliphatic heterocycles. The molecule has 1 aromatic carbocycles. The zero-order valence-electron chi connectivity index (χ0n) is 12.6. The van der Waals surface area contributed by atoms with Crippen molar-refractivity contribution in [3.05, 3.63) is 29.8 Å². The first kappa shape index (κ1) is 14.4. The van der Waals surface area contributed by atoms with Gasteiger partial charge in [0.2, 0.25) is 5.91 Å². The smallest absolute Gasteiger partial charge is 0.222 e. The first-order chi connectivity index (χ1) is 10.2. The number of carbonyl (C=O) groups excluding carboxylic acids is 1. The molecular weight excluding hydrogens is 266 g/mol. The minimum Gasteiger partial charge on any atom is -0.497 e. The van der Waals surface area contributed by atoms with Crippen LogP contribution in [0, 0.1) is 0 Å². The van der Waals surface area contributed by atoms with Crippen LogP contribution in [0.5, 0.6) is 5.75 Å². The summed E-state index contributed by atoms with van der Waals surface area (Å²) < 4.78 is 11.2. The fraction of sp³-hybridized carbons (Fsp3) is 0.588. The van der Waals surface area contributed by atoms with Gasteiger partial charge in [0.15, 0.2) is 0 Å². The summed E-state index contributed by atoms with van der Waals surface area (Å²) in [5, 5.41) is 0. The Balaban J connectivity index is 1.68. The topological polar surface area (TPSA) is 38.8 Å². The van der Waals surface area contributed by atoms with Gasteiger partial charge in [-0.3, -0.25) is 4.79 Å². The zero-order chi connectivity index (χ0) is 14.7. The summed E-state index contributed by atoms with van der Waals surface area (Å²) in [5.74, 6) is 1.08. The monoisotopic (exact) mass is 289 g/mol. The molecule has 0 unspecified atom stereocenters. The maximum Gasteiger partial charge on any atom is 0.222 e. The normalized spacial score (nSPS) is 26.1. The predicted octanol–water partition coefficient (Wildman–Crippen LogP) is 2.76. The molecule has 1 aromatic rings. The van der Waals surface area contributed by atoms with Gasteiger partial charge in [-0.15, -0.1) is 0 Å². The summed E-state index contributed by atoms with van der Waals surface area (Å²) >= 11 is 0. The molecule has 4 nitrogen and oxygen atoms in total. The Kier molecular flexibility index (Phi) is 4.15. The van der Waals surface area contributed by atoms with Gasteiger partial charge >= 0.3 is 0 Å². The van der Waals surface area contributed by atoms with Crippen LogP contribution in [-0.4, -0.2) is 36.7 Å². The molecule has 114 valence electrons. The Labute approximate surface area is 126 Å². The molecule has 0 N–H and O–H groups in total. The van der Waals surface area contributed by atoms with Crippen molar-refractivity contribution < 1.29 is 14.3 Å². The van der Waals surface area contributed by atoms with E-state index in [1.54, 1.807) is 7.11 Å². The van der Waals surface area contributed by atoms with Crippen molar-refractivity contribution in [2.24, 2.45) is 0 Å². The fourth-order valence-electron chi connectivity index (χ4n) is 3.39. The Morgan fingerprint density at radius 1 is 1.33 bits per heavy atom. The maximum atomic E-state index is 12.4. The van der Waals surface area contributed by atoms with E-state index in [1.807, 2.05) is 29.2 Å². The Bertz CT molecular complexity index is 509. The van der Waals surface area contributed by atoms with Crippen molar-refractivity contribution in [1.82, 2.24) is 4.90 Å². The molecule has 0 bridgehead atoms. The number of rotatable bonds is 3. The molecule has 2 aliphatic rings. The quantitative estimate of drug-likeness (QED) is 0.859. The van der Waals surface area contributed by atoms with Crippen LogP contribution >= 0.6 is 0 Å². The highest BCUT2D eigenvalue weighted by molar-refractivity contribution is 5.76. The molecule has 2 fully saturated rings. The van der Waals surface area contributed by atoms with E-state index in [9.17, 15) is 4.79 Å². The number of amides is 1. The Morgan fingerprint density at radius 2 is 2.24 bits per heavy atom. The zero-order valence-corrected chi connectivity index (χ0v) is 12.6. The van der Waals surface area contributed by atoms with Crippen molar-refractivity contribution in [1.29, 1.82) is 0 Å². The average Bonchev–Trinajstić information content (AvgIpc) is 2.92. The third-order valence-electron chi connectivity index (χ3n) is 4.68. The van der Waals surface area contributed by atoms with E-state index in [0.29, 0.717) is 13.0 Å². The summed E-state index contributed by atoms with van der Waals surface area (Å²) in [4.78, 5) is 14.3. The number of hydrogen-bond acceptors (Lipinski definition) is 3. The van der Waals surface area contributed by atoms with Crippen LogP contribution in [0.1, 0.15) is 37.7 Å². The van der Waals surface area contributed by atoms with E-state index in [4.69, 9.17) is 9.47 Å². The van der Waals surface area contributed by atoms with Crippen molar-refractivity contribution in [3.63, 3.8) is 0 Å². The van der Waals surface area contributed by atoms with Gasteiger partial charge in [-0.1, -0.05) is 12.1 Å². The van der Waals surface area contributed by atoms with Crippen LogP contribution < -0.4 is 4.74 Å². The number of likely N-dealkylation sites (tertiary alicyclic amines) is 1. The van der Waals surface area contributed by atoms with E-state index in [-0.39, 0.29) is 11.5 Å². The van der Waals surface area contributed by atoms with Crippen LogP contribution in [0.3, 0.4) is 0 Å². The second kappa shape index (κ2) is 6.06. The number of methoxy groups -OCH3 is 1. The van der Waals surface area contributed by atoms with Gasteiger partial charge < -0.3 is 14.4 Å². The minimum absolute atomic E-state index is 0.0290. The summed E-state index contributed by atoms with van der Waals surface area (Å²) in [6.07, 6.45) is 4.67. The lowest BCUT2D eigenvalue weighted by Crippen LogP contribution is -2.32. The van der Waals surface area contributed by atoms with E-state index in [0.717, 1.165) is 50.1 Å². The number of benzene rings is 1. The average molecular weight is 289 g/mol. The van der Waals surface area contributed by atoms with E-state index in [1.165, 1.54) is 0 Å². The van der Waals surface area contributed by atoms with Gasteiger partial charge in [0.1, 0.15) is 5.75 Å². The molecular formula is C17H23NO3.